The lowest BCUT2D eigenvalue weighted by Crippen LogP contribution is -2.21. The van der Waals surface area contributed by atoms with Crippen molar-refractivity contribution in [1.82, 2.24) is 9.97 Å². The van der Waals surface area contributed by atoms with Crippen LogP contribution in [0, 0.1) is 0 Å². The van der Waals surface area contributed by atoms with Gasteiger partial charge in [0.2, 0.25) is 0 Å². The second-order valence-electron chi connectivity index (χ2n) is 3.36. The van der Waals surface area contributed by atoms with Crippen molar-refractivity contribution >= 4 is 21.7 Å². The van der Waals surface area contributed by atoms with Crippen LogP contribution >= 0.6 is 15.9 Å². The minimum absolute atomic E-state index is 0.191. The number of aromatic nitrogens is 2. The highest BCUT2D eigenvalue weighted by Crippen LogP contribution is 2.19. The highest BCUT2D eigenvalue weighted by atomic mass is 79.9. The van der Waals surface area contributed by atoms with Gasteiger partial charge in [-0.05, 0) is 22.0 Å². The Labute approximate surface area is 100 Å². The summed E-state index contributed by atoms with van der Waals surface area (Å²) in [4.78, 5) is 19.8. The number of halogens is 1. The molecular formula is C10H10BrN3O2. The fourth-order valence-electron chi connectivity index (χ4n) is 1.37. The number of hydrogen-bond acceptors (Lipinski definition) is 4. The van der Waals surface area contributed by atoms with Crippen LogP contribution in [-0.2, 0) is 6.54 Å². The standard InChI is InChI=1S/C10H10BrN3O2/c1-14(4-7-2-3-16-5-7)9-8(11)10(15)13-6-12-9/h2-3,5-6H,4H2,1H3,(H,12,13,15). The zero-order chi connectivity index (χ0) is 11.5. The van der Waals surface area contributed by atoms with E-state index in [0.29, 0.717) is 16.8 Å². The molecule has 0 saturated heterocycles. The molecule has 0 aliphatic rings. The van der Waals surface area contributed by atoms with Crippen molar-refractivity contribution in [2.45, 2.75) is 6.54 Å². The Bertz CT molecular complexity index is 521. The van der Waals surface area contributed by atoms with E-state index in [-0.39, 0.29) is 5.56 Å². The van der Waals surface area contributed by atoms with Crippen LogP contribution in [0.3, 0.4) is 0 Å². The van der Waals surface area contributed by atoms with Gasteiger partial charge in [-0.15, -0.1) is 0 Å². The first-order chi connectivity index (χ1) is 7.68. The Morgan fingerprint density at radius 3 is 3.12 bits per heavy atom. The van der Waals surface area contributed by atoms with Crippen molar-refractivity contribution < 1.29 is 4.42 Å². The lowest BCUT2D eigenvalue weighted by atomic mass is 10.3. The summed E-state index contributed by atoms with van der Waals surface area (Å²) in [7, 11) is 1.86. The van der Waals surface area contributed by atoms with Gasteiger partial charge in [0.1, 0.15) is 10.3 Å². The highest BCUT2D eigenvalue weighted by molar-refractivity contribution is 9.10. The lowest BCUT2D eigenvalue weighted by molar-refractivity contribution is 0.563. The average Bonchev–Trinajstić information content (AvgIpc) is 2.74. The second-order valence-corrected chi connectivity index (χ2v) is 4.15. The van der Waals surface area contributed by atoms with E-state index in [1.165, 1.54) is 6.33 Å². The van der Waals surface area contributed by atoms with Crippen LogP contribution in [0.2, 0.25) is 0 Å². The van der Waals surface area contributed by atoms with E-state index in [0.717, 1.165) is 5.56 Å². The SMILES string of the molecule is CN(Cc1ccoc1)c1nc[nH]c(=O)c1Br. The summed E-state index contributed by atoms with van der Waals surface area (Å²) < 4.78 is 5.41. The van der Waals surface area contributed by atoms with Crippen LogP contribution < -0.4 is 10.5 Å². The maximum Gasteiger partial charge on any atom is 0.267 e. The molecule has 0 radical (unpaired) electrons. The molecule has 0 unspecified atom stereocenters. The summed E-state index contributed by atoms with van der Waals surface area (Å²) in [5.74, 6) is 0.602. The van der Waals surface area contributed by atoms with Gasteiger partial charge in [0.15, 0.2) is 0 Å². The molecule has 6 heteroatoms. The Balaban J connectivity index is 2.24. The van der Waals surface area contributed by atoms with Crippen molar-refractivity contribution in [3.8, 4) is 0 Å². The maximum absolute atomic E-state index is 11.4. The fourth-order valence-corrected chi connectivity index (χ4v) is 1.89. The monoisotopic (exact) mass is 283 g/mol. The molecule has 0 atom stereocenters. The number of hydrogen-bond donors (Lipinski definition) is 1. The molecule has 16 heavy (non-hydrogen) atoms. The molecular weight excluding hydrogens is 274 g/mol. The zero-order valence-corrected chi connectivity index (χ0v) is 10.2. The molecule has 2 aromatic rings. The van der Waals surface area contributed by atoms with Crippen LogP contribution in [0.25, 0.3) is 0 Å². The van der Waals surface area contributed by atoms with Gasteiger partial charge in [-0.1, -0.05) is 0 Å². The highest BCUT2D eigenvalue weighted by Gasteiger charge is 2.10. The van der Waals surface area contributed by atoms with E-state index in [4.69, 9.17) is 4.42 Å². The molecule has 0 aliphatic carbocycles. The number of anilines is 1. The van der Waals surface area contributed by atoms with Gasteiger partial charge < -0.3 is 14.3 Å². The Kier molecular flexibility index (Phi) is 3.09. The third-order valence-corrected chi connectivity index (χ3v) is 2.85. The predicted octanol–water partition coefficient (Wildman–Crippen LogP) is 1.76. The molecule has 84 valence electrons. The van der Waals surface area contributed by atoms with E-state index < -0.39 is 0 Å². The van der Waals surface area contributed by atoms with Gasteiger partial charge in [-0.25, -0.2) is 4.98 Å². The molecule has 2 aromatic heterocycles. The molecule has 5 nitrogen and oxygen atoms in total. The van der Waals surface area contributed by atoms with Crippen molar-refractivity contribution in [1.29, 1.82) is 0 Å². The summed E-state index contributed by atoms with van der Waals surface area (Å²) in [6, 6.07) is 1.87. The molecule has 1 N–H and O–H groups in total. The quantitative estimate of drug-likeness (QED) is 0.933. The normalized spacial score (nSPS) is 10.4. The minimum atomic E-state index is -0.191. The number of aromatic amines is 1. The number of furan rings is 1. The second kappa shape index (κ2) is 4.52. The molecule has 0 saturated carbocycles. The number of nitrogens with zero attached hydrogens (tertiary/aromatic N) is 2. The summed E-state index contributed by atoms with van der Waals surface area (Å²) in [5, 5.41) is 0. The third-order valence-electron chi connectivity index (χ3n) is 2.14. The fraction of sp³-hybridized carbons (Fsp3) is 0.200. The van der Waals surface area contributed by atoms with Crippen LogP contribution in [-0.4, -0.2) is 17.0 Å². The number of nitrogens with one attached hydrogen (secondary N) is 1. The van der Waals surface area contributed by atoms with Crippen LogP contribution in [0.15, 0.2) is 38.6 Å². The van der Waals surface area contributed by atoms with Gasteiger partial charge in [0.05, 0.1) is 18.9 Å². The van der Waals surface area contributed by atoms with Gasteiger partial charge in [0, 0.05) is 19.2 Å². The van der Waals surface area contributed by atoms with Crippen molar-refractivity contribution in [3.63, 3.8) is 0 Å². The molecule has 0 bridgehead atoms. The minimum Gasteiger partial charge on any atom is -0.472 e. The predicted molar refractivity (Wildman–Crippen MR) is 63.4 cm³/mol. The summed E-state index contributed by atoms with van der Waals surface area (Å²) in [6.07, 6.45) is 4.66. The van der Waals surface area contributed by atoms with Gasteiger partial charge in [0.25, 0.3) is 5.56 Å². The van der Waals surface area contributed by atoms with E-state index in [1.54, 1.807) is 12.5 Å². The van der Waals surface area contributed by atoms with Crippen molar-refractivity contribution in [2.24, 2.45) is 0 Å². The van der Waals surface area contributed by atoms with Gasteiger partial charge >= 0.3 is 0 Å². The summed E-state index contributed by atoms with van der Waals surface area (Å²) in [5.41, 5.74) is 0.834. The van der Waals surface area contributed by atoms with E-state index in [1.807, 2.05) is 18.0 Å². The molecule has 0 spiro atoms. The molecule has 2 rings (SSSR count). The largest absolute Gasteiger partial charge is 0.472 e. The smallest absolute Gasteiger partial charge is 0.267 e. The van der Waals surface area contributed by atoms with Crippen LogP contribution in [0.1, 0.15) is 5.56 Å². The van der Waals surface area contributed by atoms with E-state index in [9.17, 15) is 4.79 Å². The topological polar surface area (TPSA) is 62.1 Å². The average molecular weight is 284 g/mol. The van der Waals surface area contributed by atoms with E-state index >= 15 is 0 Å². The third kappa shape index (κ3) is 2.16. The Morgan fingerprint density at radius 1 is 1.62 bits per heavy atom. The summed E-state index contributed by atoms with van der Waals surface area (Å²) >= 11 is 3.21. The first kappa shape index (κ1) is 10.9. The van der Waals surface area contributed by atoms with Crippen LogP contribution in [0.4, 0.5) is 5.82 Å². The Morgan fingerprint density at radius 2 is 2.44 bits per heavy atom. The molecule has 0 aromatic carbocycles. The first-order valence-corrected chi connectivity index (χ1v) is 5.43. The Hall–Kier alpha value is -1.56. The molecule has 0 aliphatic heterocycles. The van der Waals surface area contributed by atoms with Crippen molar-refractivity contribution in [2.75, 3.05) is 11.9 Å². The molecule has 0 fully saturated rings. The number of rotatable bonds is 3. The lowest BCUT2D eigenvalue weighted by Gasteiger charge is -2.17. The van der Waals surface area contributed by atoms with Crippen LogP contribution in [0.5, 0.6) is 0 Å². The van der Waals surface area contributed by atoms with Gasteiger partial charge in [-0.3, -0.25) is 4.79 Å². The summed E-state index contributed by atoms with van der Waals surface area (Å²) in [6.45, 7) is 0.631. The van der Waals surface area contributed by atoms with Crippen molar-refractivity contribution in [3.05, 3.63) is 45.3 Å². The first-order valence-electron chi connectivity index (χ1n) is 4.64. The molecule has 2 heterocycles. The van der Waals surface area contributed by atoms with Gasteiger partial charge in [-0.2, -0.15) is 0 Å². The molecule has 0 amide bonds. The maximum atomic E-state index is 11.4. The number of H-pyrrole nitrogens is 1. The zero-order valence-electron chi connectivity index (χ0n) is 8.61. The van der Waals surface area contributed by atoms with E-state index in [2.05, 4.69) is 25.9 Å².